The number of nitrogens with zero attached hydrogens (tertiary/aromatic N) is 1. The molecule has 1 aliphatic heterocycles. The quantitative estimate of drug-likeness (QED) is 0.136. The maximum atomic E-state index is 12.7. The van der Waals surface area contributed by atoms with Crippen molar-refractivity contribution >= 4 is 16.9 Å². The molecule has 252 valence electrons. The van der Waals surface area contributed by atoms with Crippen molar-refractivity contribution in [3.8, 4) is 0 Å². The van der Waals surface area contributed by atoms with Gasteiger partial charge in [-0.15, -0.1) is 0 Å². The van der Waals surface area contributed by atoms with Gasteiger partial charge in [0.2, 0.25) is 0 Å². The summed E-state index contributed by atoms with van der Waals surface area (Å²) in [6, 6.07) is 53.1. The van der Waals surface area contributed by atoms with Gasteiger partial charge in [-0.05, 0) is 50.2 Å². The van der Waals surface area contributed by atoms with Crippen LogP contribution in [0.25, 0.3) is 10.8 Å². The molecular weight excluding hydrogens is 622 g/mol. The van der Waals surface area contributed by atoms with Crippen molar-refractivity contribution in [2.75, 3.05) is 19.7 Å². The van der Waals surface area contributed by atoms with E-state index in [-0.39, 0.29) is 38.1 Å². The number of benzene rings is 6. The molecule has 7 rings (SSSR count). The van der Waals surface area contributed by atoms with E-state index in [9.17, 15) is 15.0 Å². The van der Waals surface area contributed by atoms with E-state index in [4.69, 9.17) is 9.47 Å². The Morgan fingerprint density at radius 1 is 0.660 bits per heavy atom. The first-order chi connectivity index (χ1) is 24.5. The fraction of sp³-hybridized carbons (Fsp3) is 0.205. The molecule has 0 aromatic heterocycles. The number of carboxylic acid groups (broad SMARTS) is 1. The van der Waals surface area contributed by atoms with Gasteiger partial charge in [-0.3, -0.25) is 0 Å². The fourth-order valence-electron chi connectivity index (χ4n) is 7.44. The number of hydrogen-bond donors (Lipinski definition) is 2. The number of carbonyl (C=O) groups is 1. The molecule has 50 heavy (non-hydrogen) atoms. The van der Waals surface area contributed by atoms with E-state index in [1.807, 2.05) is 91.0 Å². The molecule has 0 bridgehead atoms. The van der Waals surface area contributed by atoms with Crippen molar-refractivity contribution in [1.29, 1.82) is 0 Å². The molecule has 0 radical (unpaired) electrons. The number of amides is 1. The molecule has 6 aromatic carbocycles. The lowest BCUT2D eigenvalue weighted by atomic mass is 9.77. The molecule has 3 unspecified atom stereocenters. The first-order valence-electron chi connectivity index (χ1n) is 17.1. The van der Waals surface area contributed by atoms with Gasteiger partial charge in [0.15, 0.2) is 0 Å². The van der Waals surface area contributed by atoms with Crippen molar-refractivity contribution in [1.82, 2.24) is 4.90 Å². The van der Waals surface area contributed by atoms with Crippen molar-refractivity contribution in [2.24, 2.45) is 5.92 Å². The zero-order valence-electron chi connectivity index (χ0n) is 27.8. The molecule has 2 N–H and O–H groups in total. The summed E-state index contributed by atoms with van der Waals surface area (Å²) in [6.45, 7) is 1.05. The highest BCUT2D eigenvalue weighted by Crippen LogP contribution is 2.43. The van der Waals surface area contributed by atoms with Crippen LogP contribution in [0.1, 0.15) is 39.3 Å². The minimum atomic E-state index is -0.983. The molecule has 0 aliphatic carbocycles. The van der Waals surface area contributed by atoms with Crippen LogP contribution >= 0.6 is 0 Å². The Hall–Kier alpha value is -5.27. The van der Waals surface area contributed by atoms with Crippen LogP contribution in [-0.2, 0) is 28.3 Å². The molecule has 1 aliphatic rings. The zero-order chi connectivity index (χ0) is 34.3. The minimum Gasteiger partial charge on any atom is -0.465 e. The van der Waals surface area contributed by atoms with Gasteiger partial charge < -0.3 is 24.6 Å². The van der Waals surface area contributed by atoms with Gasteiger partial charge in [0.25, 0.3) is 0 Å². The highest BCUT2D eigenvalue weighted by Gasteiger charge is 2.44. The number of likely N-dealkylation sites (tertiary alicyclic amines) is 1. The van der Waals surface area contributed by atoms with Crippen molar-refractivity contribution in [3.63, 3.8) is 0 Å². The molecule has 3 atom stereocenters. The highest BCUT2D eigenvalue weighted by molar-refractivity contribution is 5.83. The van der Waals surface area contributed by atoms with E-state index in [0.29, 0.717) is 6.61 Å². The molecule has 6 aromatic rings. The van der Waals surface area contributed by atoms with Gasteiger partial charge in [0, 0.05) is 18.4 Å². The van der Waals surface area contributed by atoms with Gasteiger partial charge in [-0.25, -0.2) is 4.79 Å². The second kappa shape index (κ2) is 15.1. The number of rotatable bonds is 11. The highest BCUT2D eigenvalue weighted by atomic mass is 16.5. The fourth-order valence-corrected chi connectivity index (χ4v) is 7.44. The van der Waals surface area contributed by atoms with Gasteiger partial charge in [-0.2, -0.15) is 0 Å². The lowest BCUT2D eigenvalue weighted by Gasteiger charge is -2.45. The Morgan fingerprint density at radius 2 is 1.20 bits per heavy atom. The first kappa shape index (κ1) is 33.2. The van der Waals surface area contributed by atoms with Gasteiger partial charge >= 0.3 is 6.09 Å². The van der Waals surface area contributed by atoms with Crippen LogP contribution in [0.3, 0.4) is 0 Å². The van der Waals surface area contributed by atoms with Crippen LogP contribution in [0.2, 0.25) is 0 Å². The van der Waals surface area contributed by atoms with Crippen LogP contribution in [-0.4, -0.2) is 47.0 Å². The van der Waals surface area contributed by atoms with Crippen molar-refractivity contribution < 1.29 is 24.5 Å². The average Bonchev–Trinajstić information content (AvgIpc) is 3.18. The van der Waals surface area contributed by atoms with Crippen LogP contribution in [0, 0.1) is 5.92 Å². The predicted octanol–water partition coefficient (Wildman–Crippen LogP) is 8.62. The van der Waals surface area contributed by atoms with E-state index in [0.717, 1.165) is 44.2 Å². The monoisotopic (exact) mass is 663 g/mol. The van der Waals surface area contributed by atoms with Crippen LogP contribution in [0.5, 0.6) is 0 Å². The summed E-state index contributed by atoms with van der Waals surface area (Å²) < 4.78 is 14.0. The van der Waals surface area contributed by atoms with E-state index < -0.39 is 17.8 Å². The third-order valence-electron chi connectivity index (χ3n) is 9.91. The summed E-state index contributed by atoms with van der Waals surface area (Å²) in [5, 5.41) is 22.5. The molecule has 1 heterocycles. The summed E-state index contributed by atoms with van der Waals surface area (Å²) in [5.74, 6) is -0.434. The standard InChI is InChI=1S/C44H41NO5/c46-29-32-20-24-35(25-21-32)42-37(27-45(43(47)48)28-41(42)49-30-33-22-23-34-12-10-11-13-36(34)26-33)31-50-44(38-14-4-1-5-15-38,39-16-6-2-7-17-39)40-18-8-3-9-19-40/h1-26,37,41-42,46H,27-31H2,(H,47,48). The van der Waals surface area contributed by atoms with E-state index >= 15 is 0 Å². The number of ether oxygens (including phenoxy) is 2. The second-order valence-electron chi connectivity index (χ2n) is 13.0. The lowest BCUT2D eigenvalue weighted by Crippen LogP contribution is -2.52. The zero-order valence-corrected chi connectivity index (χ0v) is 27.8. The van der Waals surface area contributed by atoms with Gasteiger partial charge in [0.1, 0.15) is 5.60 Å². The summed E-state index contributed by atoms with van der Waals surface area (Å²) in [4.78, 5) is 14.1. The smallest absolute Gasteiger partial charge is 0.407 e. The molecule has 0 saturated carbocycles. The number of aliphatic hydroxyl groups excluding tert-OH is 1. The molecular formula is C44H41NO5. The lowest BCUT2D eigenvalue weighted by molar-refractivity contribution is -0.0755. The summed E-state index contributed by atoms with van der Waals surface area (Å²) >= 11 is 0. The SMILES string of the molecule is O=C(O)N1CC(COC(c2ccccc2)(c2ccccc2)c2ccccc2)C(c2ccc(CO)cc2)C(OCc2ccc3ccccc3c2)C1. The third-order valence-corrected chi connectivity index (χ3v) is 9.91. The van der Waals surface area contributed by atoms with Crippen molar-refractivity contribution in [3.05, 3.63) is 191 Å². The predicted molar refractivity (Wildman–Crippen MR) is 196 cm³/mol. The molecule has 1 amide bonds. The molecule has 0 spiro atoms. The van der Waals surface area contributed by atoms with Crippen LogP contribution in [0.4, 0.5) is 4.79 Å². The van der Waals surface area contributed by atoms with E-state index in [1.54, 1.807) is 0 Å². The maximum Gasteiger partial charge on any atom is 0.407 e. The molecule has 6 nitrogen and oxygen atoms in total. The number of piperidine rings is 1. The second-order valence-corrected chi connectivity index (χ2v) is 13.0. The Bertz CT molecular complexity index is 1900. The van der Waals surface area contributed by atoms with Gasteiger partial charge in [0.05, 0.1) is 32.5 Å². The largest absolute Gasteiger partial charge is 0.465 e. The number of fused-ring (bicyclic) bond motifs is 1. The molecule has 1 saturated heterocycles. The Balaban J connectivity index is 1.28. The van der Waals surface area contributed by atoms with E-state index in [2.05, 4.69) is 66.7 Å². The maximum absolute atomic E-state index is 12.7. The molecule has 1 fully saturated rings. The summed E-state index contributed by atoms with van der Waals surface area (Å²) in [7, 11) is 0. The summed E-state index contributed by atoms with van der Waals surface area (Å²) in [6.07, 6.45) is -1.43. The summed E-state index contributed by atoms with van der Waals surface area (Å²) in [5.41, 5.74) is 4.85. The Morgan fingerprint density at radius 3 is 1.76 bits per heavy atom. The average molecular weight is 664 g/mol. The Kier molecular flexibility index (Phi) is 10.0. The normalized spacial score (nSPS) is 17.9. The van der Waals surface area contributed by atoms with Crippen LogP contribution in [0.15, 0.2) is 158 Å². The van der Waals surface area contributed by atoms with Crippen molar-refractivity contribution in [2.45, 2.75) is 30.8 Å². The Labute approximate surface area is 293 Å². The minimum absolute atomic E-state index is 0.0556. The topological polar surface area (TPSA) is 79.2 Å². The molecule has 6 heteroatoms. The van der Waals surface area contributed by atoms with Crippen LogP contribution < -0.4 is 0 Å². The number of hydrogen-bond acceptors (Lipinski definition) is 4. The number of aliphatic hydroxyl groups is 1. The van der Waals surface area contributed by atoms with Gasteiger partial charge in [-0.1, -0.05) is 152 Å². The third kappa shape index (κ3) is 6.92. The first-order valence-corrected chi connectivity index (χ1v) is 17.1. The van der Waals surface area contributed by atoms with E-state index in [1.165, 1.54) is 4.90 Å².